The third-order valence-electron chi connectivity index (χ3n) is 2.54. The Morgan fingerprint density at radius 2 is 1.56 bits per heavy atom. The Bertz CT molecular complexity index is 486. The van der Waals surface area contributed by atoms with Crippen LogP contribution < -0.4 is 5.32 Å². The Morgan fingerprint density at radius 1 is 0.938 bits per heavy atom. The van der Waals surface area contributed by atoms with Crippen LogP contribution in [-0.4, -0.2) is 0 Å². The number of hydrogen-bond acceptors (Lipinski definition) is 1. The van der Waals surface area contributed by atoms with E-state index in [1.165, 1.54) is 5.56 Å². The van der Waals surface area contributed by atoms with E-state index in [4.69, 9.17) is 0 Å². The van der Waals surface area contributed by atoms with Gasteiger partial charge in [-0.05, 0) is 24.6 Å². The van der Waals surface area contributed by atoms with Crippen molar-refractivity contribution in [3.05, 3.63) is 72.3 Å². The van der Waals surface area contributed by atoms with Gasteiger partial charge in [0.05, 0.1) is 0 Å². The van der Waals surface area contributed by atoms with Crippen molar-refractivity contribution in [3.63, 3.8) is 0 Å². The summed E-state index contributed by atoms with van der Waals surface area (Å²) in [6, 6.07) is 18.3. The molecule has 2 rings (SSSR count). The molecular formula is C15H15N. The molecule has 0 unspecified atom stereocenters. The van der Waals surface area contributed by atoms with E-state index in [-0.39, 0.29) is 0 Å². The second kappa shape index (κ2) is 4.67. The third-order valence-corrected chi connectivity index (χ3v) is 2.54. The van der Waals surface area contributed by atoms with Crippen molar-refractivity contribution in [1.29, 1.82) is 0 Å². The van der Waals surface area contributed by atoms with Crippen LogP contribution in [0.25, 0.3) is 5.70 Å². The zero-order valence-electron chi connectivity index (χ0n) is 9.40. The molecule has 1 heteroatoms. The summed E-state index contributed by atoms with van der Waals surface area (Å²) in [6.07, 6.45) is 0. The predicted octanol–water partition coefficient (Wildman–Crippen LogP) is 4.08. The summed E-state index contributed by atoms with van der Waals surface area (Å²) >= 11 is 0. The zero-order chi connectivity index (χ0) is 11.4. The first-order chi connectivity index (χ1) is 7.77. The van der Waals surface area contributed by atoms with E-state index in [1.54, 1.807) is 0 Å². The average molecular weight is 209 g/mol. The summed E-state index contributed by atoms with van der Waals surface area (Å²) in [4.78, 5) is 0. The standard InChI is InChI=1S/C15H15N/c1-12-8-6-7-11-15(12)13(2)16-14-9-4-3-5-10-14/h3-11,16H,2H2,1H3. The highest BCUT2D eigenvalue weighted by molar-refractivity contribution is 5.76. The van der Waals surface area contributed by atoms with Crippen molar-refractivity contribution in [2.45, 2.75) is 6.92 Å². The topological polar surface area (TPSA) is 12.0 Å². The highest BCUT2D eigenvalue weighted by Gasteiger charge is 2.01. The van der Waals surface area contributed by atoms with Crippen molar-refractivity contribution < 1.29 is 0 Å². The number of aryl methyl sites for hydroxylation is 1. The second-order valence-corrected chi connectivity index (χ2v) is 3.78. The normalized spacial score (nSPS) is 9.81. The van der Waals surface area contributed by atoms with Gasteiger partial charge in [0.1, 0.15) is 0 Å². The molecule has 0 aliphatic rings. The van der Waals surface area contributed by atoms with Crippen LogP contribution >= 0.6 is 0 Å². The third kappa shape index (κ3) is 2.31. The average Bonchev–Trinajstić information content (AvgIpc) is 2.31. The summed E-state index contributed by atoms with van der Waals surface area (Å²) in [6.45, 7) is 6.16. The van der Waals surface area contributed by atoms with Crippen LogP contribution in [0.3, 0.4) is 0 Å². The molecule has 0 heterocycles. The van der Waals surface area contributed by atoms with Gasteiger partial charge in [0, 0.05) is 16.9 Å². The molecule has 0 saturated heterocycles. The monoisotopic (exact) mass is 209 g/mol. The summed E-state index contributed by atoms with van der Waals surface area (Å²) in [5.74, 6) is 0. The molecule has 0 fully saturated rings. The molecule has 1 N–H and O–H groups in total. The summed E-state index contributed by atoms with van der Waals surface area (Å²) in [5.41, 5.74) is 4.39. The molecular weight excluding hydrogens is 194 g/mol. The minimum atomic E-state index is 0.935. The molecule has 0 aliphatic heterocycles. The lowest BCUT2D eigenvalue weighted by molar-refractivity contribution is 1.41. The van der Waals surface area contributed by atoms with Crippen LogP contribution in [0, 0.1) is 6.92 Å². The van der Waals surface area contributed by atoms with Crippen LogP contribution in [0.15, 0.2) is 61.2 Å². The summed E-state index contributed by atoms with van der Waals surface area (Å²) in [7, 11) is 0. The highest BCUT2D eigenvalue weighted by atomic mass is 14.9. The van der Waals surface area contributed by atoms with Gasteiger partial charge in [-0.1, -0.05) is 49.0 Å². The van der Waals surface area contributed by atoms with Crippen LogP contribution in [0.2, 0.25) is 0 Å². The van der Waals surface area contributed by atoms with E-state index in [0.717, 1.165) is 16.9 Å². The smallest absolute Gasteiger partial charge is 0.0387 e. The molecule has 0 radical (unpaired) electrons. The molecule has 0 amide bonds. The van der Waals surface area contributed by atoms with Crippen molar-refractivity contribution in [2.24, 2.45) is 0 Å². The van der Waals surface area contributed by atoms with E-state index in [0.29, 0.717) is 0 Å². The largest absolute Gasteiger partial charge is 0.356 e. The van der Waals surface area contributed by atoms with Gasteiger partial charge in [-0.25, -0.2) is 0 Å². The Morgan fingerprint density at radius 3 is 2.25 bits per heavy atom. The molecule has 0 aromatic heterocycles. The lowest BCUT2D eigenvalue weighted by Crippen LogP contribution is -1.98. The lowest BCUT2D eigenvalue weighted by Gasteiger charge is -2.11. The number of benzene rings is 2. The second-order valence-electron chi connectivity index (χ2n) is 3.78. The Balaban J connectivity index is 2.19. The maximum Gasteiger partial charge on any atom is 0.0387 e. The van der Waals surface area contributed by atoms with Crippen LogP contribution in [0.5, 0.6) is 0 Å². The first-order valence-electron chi connectivity index (χ1n) is 5.34. The zero-order valence-corrected chi connectivity index (χ0v) is 9.40. The van der Waals surface area contributed by atoms with Gasteiger partial charge in [-0.2, -0.15) is 0 Å². The van der Waals surface area contributed by atoms with Crippen molar-refractivity contribution in [1.82, 2.24) is 0 Å². The van der Waals surface area contributed by atoms with E-state index in [1.807, 2.05) is 42.5 Å². The van der Waals surface area contributed by atoms with E-state index < -0.39 is 0 Å². The molecule has 16 heavy (non-hydrogen) atoms. The number of nitrogens with one attached hydrogen (secondary N) is 1. The van der Waals surface area contributed by atoms with Crippen molar-refractivity contribution in [2.75, 3.05) is 5.32 Å². The van der Waals surface area contributed by atoms with Gasteiger partial charge in [-0.15, -0.1) is 0 Å². The van der Waals surface area contributed by atoms with Gasteiger partial charge in [-0.3, -0.25) is 0 Å². The van der Waals surface area contributed by atoms with Crippen LogP contribution in [-0.2, 0) is 0 Å². The van der Waals surface area contributed by atoms with E-state index in [9.17, 15) is 0 Å². The fourth-order valence-electron chi connectivity index (χ4n) is 1.67. The highest BCUT2D eigenvalue weighted by Crippen LogP contribution is 2.19. The van der Waals surface area contributed by atoms with Gasteiger partial charge < -0.3 is 5.32 Å². The minimum absolute atomic E-state index is 0.935. The number of para-hydroxylation sites is 1. The van der Waals surface area contributed by atoms with Gasteiger partial charge in [0.15, 0.2) is 0 Å². The molecule has 1 nitrogen and oxygen atoms in total. The maximum atomic E-state index is 4.07. The molecule has 0 atom stereocenters. The quantitative estimate of drug-likeness (QED) is 0.803. The maximum absolute atomic E-state index is 4.07. The van der Waals surface area contributed by atoms with Crippen LogP contribution in [0.1, 0.15) is 11.1 Å². The molecule has 80 valence electrons. The molecule has 2 aromatic rings. The predicted molar refractivity (Wildman–Crippen MR) is 70.3 cm³/mol. The minimum Gasteiger partial charge on any atom is -0.356 e. The molecule has 0 spiro atoms. The lowest BCUT2D eigenvalue weighted by atomic mass is 10.1. The Hall–Kier alpha value is -2.02. The molecule has 0 saturated carbocycles. The Kier molecular flexibility index (Phi) is 3.06. The fraction of sp³-hybridized carbons (Fsp3) is 0.0667. The van der Waals surface area contributed by atoms with Gasteiger partial charge in [0.25, 0.3) is 0 Å². The van der Waals surface area contributed by atoms with E-state index in [2.05, 4.69) is 31.0 Å². The van der Waals surface area contributed by atoms with Crippen LogP contribution in [0.4, 0.5) is 5.69 Å². The number of rotatable bonds is 3. The van der Waals surface area contributed by atoms with Crippen molar-refractivity contribution in [3.8, 4) is 0 Å². The van der Waals surface area contributed by atoms with E-state index >= 15 is 0 Å². The Labute approximate surface area is 96.4 Å². The number of hydrogen-bond donors (Lipinski definition) is 1. The summed E-state index contributed by atoms with van der Waals surface area (Å²) < 4.78 is 0. The first kappa shape index (κ1) is 10.5. The fourth-order valence-corrected chi connectivity index (χ4v) is 1.67. The molecule has 0 aliphatic carbocycles. The SMILES string of the molecule is C=C(Nc1ccccc1)c1ccccc1C. The first-order valence-corrected chi connectivity index (χ1v) is 5.34. The van der Waals surface area contributed by atoms with Gasteiger partial charge >= 0.3 is 0 Å². The molecule has 2 aromatic carbocycles. The molecule has 0 bridgehead atoms. The van der Waals surface area contributed by atoms with Gasteiger partial charge in [0.2, 0.25) is 0 Å². The number of anilines is 1. The summed E-state index contributed by atoms with van der Waals surface area (Å²) in [5, 5.41) is 3.30. The van der Waals surface area contributed by atoms with Crippen molar-refractivity contribution >= 4 is 11.4 Å².